The van der Waals surface area contributed by atoms with E-state index >= 15 is 0 Å². The van der Waals surface area contributed by atoms with Gasteiger partial charge in [-0.05, 0) is 21.5 Å². The van der Waals surface area contributed by atoms with Crippen molar-refractivity contribution in [2.24, 2.45) is 0 Å². The van der Waals surface area contributed by atoms with E-state index in [4.69, 9.17) is 0 Å². The molecule has 0 bridgehead atoms. The number of carbonyl (C=O) groups is 1. The fourth-order valence-electron chi connectivity index (χ4n) is 1.85. The van der Waals surface area contributed by atoms with E-state index in [2.05, 4.69) is 10.3 Å². The van der Waals surface area contributed by atoms with Crippen molar-refractivity contribution in [1.29, 1.82) is 0 Å². The maximum Gasteiger partial charge on any atom is 0.363 e. The molecule has 7 nitrogen and oxygen atoms in total. The minimum absolute atomic E-state index is 0.166. The normalized spacial score (nSPS) is 11.6. The van der Waals surface area contributed by atoms with Crippen molar-refractivity contribution >= 4 is 17.5 Å². The number of nitrogens with zero attached hydrogens (tertiary/aromatic N) is 2. The first-order valence-corrected chi connectivity index (χ1v) is 6.20. The lowest BCUT2D eigenvalue weighted by Crippen LogP contribution is -2.20. The molecule has 108 valence electrons. The van der Waals surface area contributed by atoms with Crippen LogP contribution in [0.2, 0.25) is 0 Å². The molecule has 0 aliphatic heterocycles. The molecule has 0 aliphatic rings. The van der Waals surface area contributed by atoms with Crippen LogP contribution in [0.15, 0.2) is 48.7 Å². The molecule has 21 heavy (non-hydrogen) atoms. The second-order valence-corrected chi connectivity index (χ2v) is 4.34. The smallest absolute Gasteiger partial charge is 0.363 e. The largest absolute Gasteiger partial charge is 0.481 e. The van der Waals surface area contributed by atoms with Gasteiger partial charge < -0.3 is 20.5 Å². The van der Waals surface area contributed by atoms with Gasteiger partial charge in [0.1, 0.15) is 0 Å². The Labute approximate surface area is 120 Å². The lowest BCUT2D eigenvalue weighted by Gasteiger charge is -2.13. The molecule has 1 atom stereocenters. The van der Waals surface area contributed by atoms with Crippen LogP contribution in [0.5, 0.6) is 0 Å². The van der Waals surface area contributed by atoms with Gasteiger partial charge in [-0.25, -0.2) is 0 Å². The van der Waals surface area contributed by atoms with Crippen LogP contribution in [-0.4, -0.2) is 27.5 Å². The number of hydrogen-bond donors (Lipinski definition) is 2. The average molecular weight is 287 g/mol. The molecule has 0 saturated heterocycles. The predicted octanol–water partition coefficient (Wildman–Crippen LogP) is 2.27. The van der Waals surface area contributed by atoms with Crippen LogP contribution in [0.1, 0.15) is 11.5 Å². The zero-order valence-corrected chi connectivity index (χ0v) is 11.0. The van der Waals surface area contributed by atoms with Gasteiger partial charge in [-0.3, -0.25) is 4.79 Å². The van der Waals surface area contributed by atoms with E-state index in [0.29, 0.717) is 11.3 Å². The molecule has 2 rings (SSSR count). The van der Waals surface area contributed by atoms with Gasteiger partial charge in [0.25, 0.3) is 0 Å². The van der Waals surface area contributed by atoms with Crippen molar-refractivity contribution in [2.45, 2.75) is 5.92 Å². The lowest BCUT2D eigenvalue weighted by atomic mass is 9.99. The summed E-state index contributed by atoms with van der Waals surface area (Å²) in [5.74, 6) is -1.90. The predicted molar refractivity (Wildman–Crippen MR) is 76.2 cm³/mol. The van der Waals surface area contributed by atoms with E-state index in [-0.39, 0.29) is 12.4 Å². The second kappa shape index (κ2) is 6.47. The number of rotatable bonds is 6. The van der Waals surface area contributed by atoms with Gasteiger partial charge in [-0.2, -0.15) is 0 Å². The van der Waals surface area contributed by atoms with E-state index in [9.17, 15) is 20.0 Å². The van der Waals surface area contributed by atoms with E-state index < -0.39 is 16.8 Å². The van der Waals surface area contributed by atoms with Crippen molar-refractivity contribution in [3.63, 3.8) is 0 Å². The number of aromatic nitrogens is 1. The molecule has 0 spiro atoms. The van der Waals surface area contributed by atoms with Crippen molar-refractivity contribution in [3.05, 3.63) is 64.3 Å². The number of pyridine rings is 1. The summed E-state index contributed by atoms with van der Waals surface area (Å²) in [6, 6.07) is 11.6. The molecule has 0 fully saturated rings. The summed E-state index contributed by atoms with van der Waals surface area (Å²) < 4.78 is 0. The van der Waals surface area contributed by atoms with Gasteiger partial charge >= 0.3 is 11.8 Å². The topological polar surface area (TPSA) is 105 Å². The van der Waals surface area contributed by atoms with Gasteiger partial charge in [0.15, 0.2) is 6.20 Å². The Morgan fingerprint density at radius 2 is 2.00 bits per heavy atom. The summed E-state index contributed by atoms with van der Waals surface area (Å²) in [5, 5.41) is 22.7. The van der Waals surface area contributed by atoms with Gasteiger partial charge in [0.2, 0.25) is 0 Å². The van der Waals surface area contributed by atoms with Crippen LogP contribution in [-0.2, 0) is 4.79 Å². The molecular weight excluding hydrogens is 274 g/mol. The Kier molecular flexibility index (Phi) is 4.45. The summed E-state index contributed by atoms with van der Waals surface area (Å²) in [4.78, 5) is 24.9. The standard InChI is InChI=1S/C14H13N3O4/c18-14(19)12(10-4-2-1-3-5-10)9-15-11-6-7-13(16-8-11)17(20)21/h1-8,12,15H,9H2,(H,18,19). The Morgan fingerprint density at radius 1 is 1.29 bits per heavy atom. The number of carboxylic acid groups (broad SMARTS) is 1. The quantitative estimate of drug-likeness (QED) is 0.623. The van der Waals surface area contributed by atoms with Gasteiger partial charge in [-0.15, -0.1) is 0 Å². The van der Waals surface area contributed by atoms with E-state index in [1.54, 1.807) is 24.3 Å². The highest BCUT2D eigenvalue weighted by atomic mass is 16.6. The minimum atomic E-state index is -0.941. The number of aliphatic carboxylic acids is 1. The number of hydrogen-bond acceptors (Lipinski definition) is 5. The molecule has 0 saturated carbocycles. The monoisotopic (exact) mass is 287 g/mol. The van der Waals surface area contributed by atoms with Crippen molar-refractivity contribution < 1.29 is 14.8 Å². The maximum atomic E-state index is 11.3. The molecule has 1 unspecified atom stereocenters. The molecule has 2 N–H and O–H groups in total. The second-order valence-electron chi connectivity index (χ2n) is 4.34. The highest BCUT2D eigenvalue weighted by molar-refractivity contribution is 5.77. The minimum Gasteiger partial charge on any atom is -0.481 e. The Bertz CT molecular complexity index is 628. The third kappa shape index (κ3) is 3.75. The molecule has 0 aliphatic carbocycles. The number of nitro groups is 1. The Hall–Kier alpha value is -2.96. The zero-order valence-electron chi connectivity index (χ0n) is 11.0. The fraction of sp³-hybridized carbons (Fsp3) is 0.143. The molecule has 0 radical (unpaired) electrons. The first-order chi connectivity index (χ1) is 10.1. The molecule has 1 heterocycles. The van der Waals surface area contributed by atoms with Crippen LogP contribution in [0, 0.1) is 10.1 Å². The summed E-state index contributed by atoms with van der Waals surface area (Å²) in [6.07, 6.45) is 1.31. The number of benzene rings is 1. The third-order valence-electron chi connectivity index (χ3n) is 2.95. The third-order valence-corrected chi connectivity index (χ3v) is 2.95. The van der Waals surface area contributed by atoms with E-state index in [1.165, 1.54) is 18.3 Å². The maximum absolute atomic E-state index is 11.3. The van der Waals surface area contributed by atoms with Crippen LogP contribution in [0.4, 0.5) is 11.5 Å². The molecule has 0 amide bonds. The van der Waals surface area contributed by atoms with Crippen molar-refractivity contribution in [3.8, 4) is 0 Å². The van der Waals surface area contributed by atoms with Crippen molar-refractivity contribution in [1.82, 2.24) is 4.98 Å². The number of anilines is 1. The summed E-state index contributed by atoms with van der Waals surface area (Å²) >= 11 is 0. The van der Waals surface area contributed by atoms with Gasteiger partial charge in [0, 0.05) is 12.6 Å². The summed E-state index contributed by atoms with van der Waals surface area (Å²) in [5.41, 5.74) is 1.22. The average Bonchev–Trinajstić information content (AvgIpc) is 2.48. The highest BCUT2D eigenvalue weighted by Gasteiger charge is 2.19. The van der Waals surface area contributed by atoms with Crippen molar-refractivity contribution in [2.75, 3.05) is 11.9 Å². The Balaban J connectivity index is 2.05. The summed E-state index contributed by atoms with van der Waals surface area (Å²) in [6.45, 7) is 0.166. The molecular formula is C14H13N3O4. The highest BCUT2D eigenvalue weighted by Crippen LogP contribution is 2.18. The van der Waals surface area contributed by atoms with Gasteiger partial charge in [-0.1, -0.05) is 30.3 Å². The van der Waals surface area contributed by atoms with Crippen LogP contribution in [0.3, 0.4) is 0 Å². The zero-order chi connectivity index (χ0) is 15.2. The Morgan fingerprint density at radius 3 is 2.52 bits per heavy atom. The van der Waals surface area contributed by atoms with E-state index in [0.717, 1.165) is 0 Å². The van der Waals surface area contributed by atoms with Crippen LogP contribution >= 0.6 is 0 Å². The first-order valence-electron chi connectivity index (χ1n) is 6.20. The fourth-order valence-corrected chi connectivity index (χ4v) is 1.85. The number of carboxylic acids is 1. The lowest BCUT2D eigenvalue weighted by molar-refractivity contribution is -0.389. The first kappa shape index (κ1) is 14.4. The van der Waals surface area contributed by atoms with Crippen LogP contribution < -0.4 is 5.32 Å². The van der Waals surface area contributed by atoms with Gasteiger partial charge in [0.05, 0.1) is 11.6 Å². The molecule has 2 aromatic rings. The summed E-state index contributed by atoms with van der Waals surface area (Å²) in [7, 11) is 0. The molecule has 1 aromatic carbocycles. The van der Waals surface area contributed by atoms with Crippen LogP contribution in [0.25, 0.3) is 0 Å². The van der Waals surface area contributed by atoms with E-state index in [1.807, 2.05) is 6.07 Å². The SMILES string of the molecule is O=C(O)C(CNc1ccc([N+](=O)[O-])nc1)c1ccccc1. The number of nitrogens with one attached hydrogen (secondary N) is 1. The molecule has 7 heteroatoms. The molecule has 1 aromatic heterocycles.